The van der Waals surface area contributed by atoms with Crippen LogP contribution in [0.4, 0.5) is 0 Å². The Hall–Kier alpha value is -0.870. The molecule has 2 N–H and O–H groups in total. The highest BCUT2D eigenvalue weighted by Gasteiger charge is 2.25. The molecule has 1 heterocycles. The summed E-state index contributed by atoms with van der Waals surface area (Å²) in [7, 11) is 0. The van der Waals surface area contributed by atoms with E-state index in [2.05, 4.69) is 30.6 Å². The molecule has 0 bridgehead atoms. The Kier molecular flexibility index (Phi) is 5.35. The number of aryl methyl sites for hydroxylation is 1. The van der Waals surface area contributed by atoms with Crippen LogP contribution in [-0.2, 0) is 11.8 Å². The van der Waals surface area contributed by atoms with Gasteiger partial charge in [-0.1, -0.05) is 45.9 Å². The smallest absolute Gasteiger partial charge is 0.234 e. The third-order valence-corrected chi connectivity index (χ3v) is 3.42. The van der Waals surface area contributed by atoms with Crippen molar-refractivity contribution >= 4 is 17.7 Å². The highest BCUT2D eigenvalue weighted by atomic mass is 32.1. The fraction of sp³-hybridized carbons (Fsp3) is 0.571. The molecular weight excluding hydrogens is 244 g/mol. The monoisotopic (exact) mass is 266 g/mol. The van der Waals surface area contributed by atoms with Crippen LogP contribution in [-0.4, -0.2) is 16.6 Å². The topological polar surface area (TPSA) is 56.0 Å². The number of nitrogens with two attached hydrogens (primary N) is 1. The summed E-state index contributed by atoms with van der Waals surface area (Å²) in [6, 6.07) is 2.05. The number of carbonyl (C=O) groups is 1. The molecule has 18 heavy (non-hydrogen) atoms. The van der Waals surface area contributed by atoms with E-state index in [1.54, 1.807) is 6.20 Å². The Morgan fingerprint density at radius 3 is 2.67 bits per heavy atom. The number of rotatable bonds is 6. The van der Waals surface area contributed by atoms with Crippen molar-refractivity contribution < 1.29 is 4.79 Å². The van der Waals surface area contributed by atoms with E-state index in [9.17, 15) is 4.79 Å². The number of carbonyl (C=O) groups excluding carboxylic acids is 1. The van der Waals surface area contributed by atoms with Gasteiger partial charge in [-0.25, -0.2) is 0 Å². The van der Waals surface area contributed by atoms with Crippen molar-refractivity contribution in [3.05, 3.63) is 29.1 Å². The number of thiol groups is 1. The van der Waals surface area contributed by atoms with E-state index in [1.165, 1.54) is 0 Å². The van der Waals surface area contributed by atoms with E-state index in [0.29, 0.717) is 12.2 Å². The Morgan fingerprint density at radius 1 is 1.50 bits per heavy atom. The fourth-order valence-electron chi connectivity index (χ4n) is 1.82. The van der Waals surface area contributed by atoms with Gasteiger partial charge in [0, 0.05) is 18.2 Å². The Morgan fingerprint density at radius 2 is 2.17 bits per heavy atom. The second-order valence-corrected chi connectivity index (χ2v) is 5.64. The van der Waals surface area contributed by atoms with Crippen LogP contribution in [0.25, 0.3) is 0 Å². The molecule has 1 aromatic rings. The van der Waals surface area contributed by atoms with Gasteiger partial charge in [0.1, 0.15) is 5.69 Å². The first-order valence-corrected chi connectivity index (χ1v) is 6.80. The van der Waals surface area contributed by atoms with Gasteiger partial charge < -0.3 is 5.73 Å². The molecule has 0 amide bonds. The summed E-state index contributed by atoms with van der Waals surface area (Å²) in [6.45, 7) is 6.67. The second kappa shape index (κ2) is 6.34. The van der Waals surface area contributed by atoms with Crippen LogP contribution < -0.4 is 5.73 Å². The van der Waals surface area contributed by atoms with Crippen LogP contribution in [0, 0.1) is 0 Å². The maximum Gasteiger partial charge on any atom is 0.234 e. The fourth-order valence-corrected chi connectivity index (χ4v) is 2.00. The number of pyridine rings is 1. The van der Waals surface area contributed by atoms with Crippen molar-refractivity contribution in [1.82, 2.24) is 4.98 Å². The van der Waals surface area contributed by atoms with Crippen LogP contribution in [0.15, 0.2) is 12.3 Å². The van der Waals surface area contributed by atoms with Gasteiger partial charge in [0.15, 0.2) is 0 Å². The molecule has 0 atom stereocenters. The molecule has 3 nitrogen and oxygen atoms in total. The SMILES string of the molecule is CCCCc1cnc(C(=O)S)c(C(C)(C)CN)c1. The molecule has 0 aliphatic rings. The van der Waals surface area contributed by atoms with Crippen molar-refractivity contribution in [2.45, 2.75) is 45.4 Å². The molecule has 0 radical (unpaired) electrons. The summed E-state index contributed by atoms with van der Waals surface area (Å²) in [5.74, 6) is 0. The molecule has 4 heteroatoms. The third kappa shape index (κ3) is 3.56. The average molecular weight is 266 g/mol. The van der Waals surface area contributed by atoms with Crippen molar-refractivity contribution in [2.75, 3.05) is 6.54 Å². The van der Waals surface area contributed by atoms with Crippen molar-refractivity contribution in [1.29, 1.82) is 0 Å². The molecule has 0 aliphatic carbocycles. The van der Waals surface area contributed by atoms with E-state index < -0.39 is 0 Å². The first-order chi connectivity index (χ1) is 8.42. The minimum atomic E-state index is -0.298. The number of hydrogen-bond acceptors (Lipinski definition) is 3. The second-order valence-electron chi connectivity index (χ2n) is 5.24. The summed E-state index contributed by atoms with van der Waals surface area (Å²) < 4.78 is 0. The van der Waals surface area contributed by atoms with Crippen LogP contribution in [0.1, 0.15) is 55.2 Å². The molecule has 0 aromatic carbocycles. The van der Waals surface area contributed by atoms with Gasteiger partial charge in [0.25, 0.3) is 0 Å². The normalized spacial score (nSPS) is 11.6. The molecule has 0 fully saturated rings. The summed E-state index contributed by atoms with van der Waals surface area (Å²) in [5.41, 5.74) is 8.02. The lowest BCUT2D eigenvalue weighted by Gasteiger charge is -2.25. The summed E-state index contributed by atoms with van der Waals surface area (Å²) in [4.78, 5) is 15.8. The number of aromatic nitrogens is 1. The van der Waals surface area contributed by atoms with Gasteiger partial charge in [-0.05, 0) is 24.0 Å². The van der Waals surface area contributed by atoms with Gasteiger partial charge >= 0.3 is 0 Å². The minimum Gasteiger partial charge on any atom is -0.330 e. The maximum atomic E-state index is 11.5. The highest BCUT2D eigenvalue weighted by Crippen LogP contribution is 2.26. The van der Waals surface area contributed by atoms with Gasteiger partial charge in [0.05, 0.1) is 0 Å². The molecule has 1 rings (SSSR count). The first kappa shape index (κ1) is 15.2. The van der Waals surface area contributed by atoms with E-state index in [1.807, 2.05) is 13.8 Å². The predicted molar refractivity (Wildman–Crippen MR) is 78.2 cm³/mol. The zero-order valence-corrected chi connectivity index (χ0v) is 12.3. The molecule has 1 aromatic heterocycles. The minimum absolute atomic E-state index is 0.261. The summed E-state index contributed by atoms with van der Waals surface area (Å²) in [6.07, 6.45) is 5.02. The van der Waals surface area contributed by atoms with E-state index in [4.69, 9.17) is 5.73 Å². The molecule has 0 spiro atoms. The molecule has 0 aliphatic heterocycles. The standard InChI is InChI=1S/C14H22N2OS/c1-4-5-6-10-7-11(14(2,3)9-15)12(13(17)18)16-8-10/h7-8H,4-6,9,15H2,1-3H3,(H,17,18). The van der Waals surface area contributed by atoms with Gasteiger partial charge in [-0.15, -0.1) is 0 Å². The highest BCUT2D eigenvalue weighted by molar-refractivity contribution is 7.97. The quantitative estimate of drug-likeness (QED) is 0.778. The van der Waals surface area contributed by atoms with Gasteiger partial charge in [-0.3, -0.25) is 9.78 Å². The first-order valence-electron chi connectivity index (χ1n) is 6.35. The third-order valence-electron chi connectivity index (χ3n) is 3.21. The average Bonchev–Trinajstić information content (AvgIpc) is 2.35. The van der Waals surface area contributed by atoms with Crippen molar-refractivity contribution in [3.8, 4) is 0 Å². The van der Waals surface area contributed by atoms with E-state index >= 15 is 0 Å². The lowest BCUT2D eigenvalue weighted by atomic mass is 9.83. The maximum absolute atomic E-state index is 11.5. The zero-order chi connectivity index (χ0) is 13.8. The Labute approximate surface area is 115 Å². The number of unbranched alkanes of at least 4 members (excludes halogenated alkanes) is 1. The van der Waals surface area contributed by atoms with Gasteiger partial charge in [0.2, 0.25) is 5.12 Å². The molecule has 0 saturated heterocycles. The Balaban J connectivity index is 3.20. The number of nitrogens with zero attached hydrogens (tertiary/aromatic N) is 1. The largest absolute Gasteiger partial charge is 0.330 e. The van der Waals surface area contributed by atoms with E-state index in [0.717, 1.165) is 30.4 Å². The predicted octanol–water partition coefficient (Wildman–Crippen LogP) is 2.73. The van der Waals surface area contributed by atoms with Crippen molar-refractivity contribution in [2.24, 2.45) is 5.73 Å². The van der Waals surface area contributed by atoms with Gasteiger partial charge in [-0.2, -0.15) is 0 Å². The number of hydrogen-bond donors (Lipinski definition) is 2. The lowest BCUT2D eigenvalue weighted by Crippen LogP contribution is -2.30. The summed E-state index contributed by atoms with van der Waals surface area (Å²) >= 11 is 3.89. The molecule has 100 valence electrons. The molecule has 0 saturated carbocycles. The van der Waals surface area contributed by atoms with Crippen LogP contribution >= 0.6 is 12.6 Å². The van der Waals surface area contributed by atoms with Crippen LogP contribution in [0.3, 0.4) is 0 Å². The Bertz CT molecular complexity index is 430. The summed E-state index contributed by atoms with van der Waals surface area (Å²) in [5, 5.41) is -0.298. The van der Waals surface area contributed by atoms with Crippen molar-refractivity contribution in [3.63, 3.8) is 0 Å². The lowest BCUT2D eigenvalue weighted by molar-refractivity contribution is 0.108. The molecular formula is C14H22N2OS. The van der Waals surface area contributed by atoms with Crippen LogP contribution in [0.5, 0.6) is 0 Å². The van der Waals surface area contributed by atoms with E-state index in [-0.39, 0.29) is 10.5 Å². The van der Waals surface area contributed by atoms with Crippen LogP contribution in [0.2, 0.25) is 0 Å². The zero-order valence-electron chi connectivity index (χ0n) is 11.4. The molecule has 0 unspecified atom stereocenters.